The third-order valence-corrected chi connectivity index (χ3v) is 4.53. The third-order valence-electron chi connectivity index (χ3n) is 3.75. The van der Waals surface area contributed by atoms with Gasteiger partial charge in [0.1, 0.15) is 0 Å². The molecule has 0 aliphatic heterocycles. The first-order valence-corrected chi connectivity index (χ1v) is 7.77. The van der Waals surface area contributed by atoms with Crippen molar-refractivity contribution in [3.8, 4) is 6.07 Å². The Hall–Kier alpha value is -1.67. The highest BCUT2D eigenvalue weighted by Crippen LogP contribution is 2.29. The predicted molar refractivity (Wildman–Crippen MR) is 83.6 cm³/mol. The summed E-state index contributed by atoms with van der Waals surface area (Å²) in [6, 6.07) is 10.2. The molecule has 0 saturated heterocycles. The second-order valence-corrected chi connectivity index (χ2v) is 6.40. The number of rotatable bonds is 6. The lowest BCUT2D eigenvalue weighted by Crippen LogP contribution is -2.18. The fourth-order valence-electron chi connectivity index (χ4n) is 2.11. The van der Waals surface area contributed by atoms with E-state index in [-0.39, 0.29) is 5.41 Å². The van der Waals surface area contributed by atoms with Gasteiger partial charge in [-0.2, -0.15) is 10.2 Å². The van der Waals surface area contributed by atoms with Crippen molar-refractivity contribution in [2.24, 2.45) is 5.41 Å². The minimum Gasteiger partial charge on any atom is -0.339 e. The second-order valence-electron chi connectivity index (χ2n) is 5.55. The fourth-order valence-corrected chi connectivity index (χ4v) is 2.54. The lowest BCUT2D eigenvalue weighted by molar-refractivity contribution is 0.265. The highest BCUT2D eigenvalue weighted by Gasteiger charge is 2.25. The normalized spacial score (nSPS) is 13.6. The smallest absolute Gasteiger partial charge is 0.227 e. The van der Waals surface area contributed by atoms with E-state index in [1.54, 1.807) is 0 Å². The van der Waals surface area contributed by atoms with Crippen LogP contribution in [0.15, 0.2) is 33.3 Å². The molecule has 0 aliphatic carbocycles. The lowest BCUT2D eigenvalue weighted by atomic mass is 9.81. The van der Waals surface area contributed by atoms with Crippen LogP contribution in [-0.4, -0.2) is 10.1 Å². The first-order valence-electron chi connectivity index (χ1n) is 6.98. The molecule has 1 unspecified atom stereocenters. The molecule has 1 atom stereocenters. The molecule has 2 rings (SSSR count). The molecule has 0 radical (unpaired) electrons. The van der Waals surface area contributed by atoms with Gasteiger partial charge in [0.25, 0.3) is 0 Å². The van der Waals surface area contributed by atoms with Crippen LogP contribution in [0.2, 0.25) is 0 Å². The Labute approximate surface area is 133 Å². The zero-order chi connectivity index (χ0) is 15.3. The number of hydrogen-bond acceptors (Lipinski definition) is 4. The summed E-state index contributed by atoms with van der Waals surface area (Å²) in [5.41, 5.74) is 1.02. The van der Waals surface area contributed by atoms with E-state index < -0.39 is 0 Å². The maximum atomic E-state index is 8.92. The molecule has 5 heteroatoms. The zero-order valence-electron chi connectivity index (χ0n) is 12.3. The van der Waals surface area contributed by atoms with Crippen molar-refractivity contribution in [3.63, 3.8) is 0 Å². The summed E-state index contributed by atoms with van der Waals surface area (Å²) in [5.74, 6) is 1.28. The van der Waals surface area contributed by atoms with Gasteiger partial charge in [-0.1, -0.05) is 53.1 Å². The summed E-state index contributed by atoms with van der Waals surface area (Å²) in [7, 11) is 0. The molecule has 0 saturated carbocycles. The molecule has 1 aromatic carbocycles. The number of halogens is 1. The standard InChI is InChI=1S/C16H18BrN3O/c1-3-16(2,8-9-18)11-15-19-14(20-21-15)10-12-6-4-5-7-13(12)17/h4-7H,3,8,10-11H2,1-2H3. The van der Waals surface area contributed by atoms with Gasteiger partial charge in [0.15, 0.2) is 5.82 Å². The molecule has 4 nitrogen and oxygen atoms in total. The van der Waals surface area contributed by atoms with E-state index in [2.05, 4.69) is 46.0 Å². The van der Waals surface area contributed by atoms with Crippen molar-refractivity contribution >= 4 is 15.9 Å². The molecule has 21 heavy (non-hydrogen) atoms. The van der Waals surface area contributed by atoms with Crippen molar-refractivity contribution < 1.29 is 4.52 Å². The summed E-state index contributed by atoms with van der Waals surface area (Å²) in [6.07, 6.45) is 2.67. The Morgan fingerprint density at radius 1 is 1.38 bits per heavy atom. The van der Waals surface area contributed by atoms with Gasteiger partial charge in [0, 0.05) is 23.7 Å². The lowest BCUT2D eigenvalue weighted by Gasteiger charge is -2.22. The topological polar surface area (TPSA) is 62.7 Å². The maximum absolute atomic E-state index is 8.92. The Morgan fingerprint density at radius 3 is 2.81 bits per heavy atom. The minimum absolute atomic E-state index is 0.105. The van der Waals surface area contributed by atoms with E-state index in [4.69, 9.17) is 9.78 Å². The van der Waals surface area contributed by atoms with E-state index >= 15 is 0 Å². The number of hydrogen-bond donors (Lipinski definition) is 0. The molecule has 0 aliphatic rings. The third kappa shape index (κ3) is 4.15. The van der Waals surface area contributed by atoms with Crippen LogP contribution in [0.4, 0.5) is 0 Å². The van der Waals surface area contributed by atoms with Gasteiger partial charge >= 0.3 is 0 Å². The molecule has 2 aromatic rings. The first kappa shape index (κ1) is 15.7. The second kappa shape index (κ2) is 6.86. The van der Waals surface area contributed by atoms with E-state index in [0.717, 1.165) is 16.5 Å². The number of aromatic nitrogens is 2. The van der Waals surface area contributed by atoms with Gasteiger partial charge < -0.3 is 4.52 Å². The van der Waals surface area contributed by atoms with Gasteiger partial charge in [-0.3, -0.25) is 0 Å². The largest absolute Gasteiger partial charge is 0.339 e. The number of nitrogens with zero attached hydrogens (tertiary/aromatic N) is 3. The zero-order valence-corrected chi connectivity index (χ0v) is 13.9. The van der Waals surface area contributed by atoms with Crippen molar-refractivity contribution in [2.45, 2.75) is 39.5 Å². The highest BCUT2D eigenvalue weighted by atomic mass is 79.9. The van der Waals surface area contributed by atoms with Gasteiger partial charge in [-0.25, -0.2) is 0 Å². The van der Waals surface area contributed by atoms with Crippen molar-refractivity contribution in [3.05, 3.63) is 46.0 Å². The van der Waals surface area contributed by atoms with Crippen LogP contribution in [0.3, 0.4) is 0 Å². The Morgan fingerprint density at radius 2 is 2.14 bits per heavy atom. The summed E-state index contributed by atoms with van der Waals surface area (Å²) < 4.78 is 6.38. The van der Waals surface area contributed by atoms with E-state index in [0.29, 0.717) is 31.0 Å². The first-order chi connectivity index (χ1) is 10.1. The summed E-state index contributed by atoms with van der Waals surface area (Å²) >= 11 is 3.52. The molecule has 0 fully saturated rings. The van der Waals surface area contributed by atoms with E-state index in [1.807, 2.05) is 24.3 Å². The molecule has 110 valence electrons. The van der Waals surface area contributed by atoms with Gasteiger partial charge in [-0.15, -0.1) is 0 Å². The van der Waals surface area contributed by atoms with Crippen LogP contribution in [0.5, 0.6) is 0 Å². The number of nitriles is 1. The molecule has 1 heterocycles. The average Bonchev–Trinajstić information content (AvgIpc) is 2.88. The van der Waals surface area contributed by atoms with Crippen LogP contribution < -0.4 is 0 Å². The molecule has 0 bridgehead atoms. The predicted octanol–water partition coefficient (Wildman–Crippen LogP) is 4.30. The molecule has 1 aromatic heterocycles. The molecule has 0 amide bonds. The molecular formula is C16H18BrN3O. The van der Waals surface area contributed by atoms with Crippen molar-refractivity contribution in [2.75, 3.05) is 0 Å². The minimum atomic E-state index is -0.105. The Kier molecular flexibility index (Phi) is 5.13. The van der Waals surface area contributed by atoms with Gasteiger partial charge in [-0.05, 0) is 23.5 Å². The average molecular weight is 348 g/mol. The molecule has 0 N–H and O–H groups in total. The summed E-state index contributed by atoms with van der Waals surface area (Å²) in [4.78, 5) is 4.45. The van der Waals surface area contributed by atoms with Gasteiger partial charge in [0.2, 0.25) is 5.89 Å². The van der Waals surface area contributed by atoms with Crippen LogP contribution >= 0.6 is 15.9 Å². The summed E-state index contributed by atoms with van der Waals surface area (Å²) in [6.45, 7) is 4.16. The Bertz CT molecular complexity index is 647. The summed E-state index contributed by atoms with van der Waals surface area (Å²) in [5, 5.41) is 13.0. The van der Waals surface area contributed by atoms with Crippen LogP contribution in [-0.2, 0) is 12.8 Å². The Balaban J connectivity index is 2.08. The SMILES string of the molecule is CCC(C)(CC#N)Cc1nc(Cc2ccccc2Br)no1. The van der Waals surface area contributed by atoms with Crippen LogP contribution in [0.25, 0.3) is 0 Å². The van der Waals surface area contributed by atoms with Crippen molar-refractivity contribution in [1.82, 2.24) is 10.1 Å². The maximum Gasteiger partial charge on any atom is 0.227 e. The van der Waals surface area contributed by atoms with E-state index in [1.165, 1.54) is 0 Å². The molecular weight excluding hydrogens is 330 g/mol. The quantitative estimate of drug-likeness (QED) is 0.781. The number of benzene rings is 1. The monoisotopic (exact) mass is 347 g/mol. The van der Waals surface area contributed by atoms with E-state index in [9.17, 15) is 0 Å². The van der Waals surface area contributed by atoms with Crippen molar-refractivity contribution in [1.29, 1.82) is 5.26 Å². The van der Waals surface area contributed by atoms with Gasteiger partial charge in [0.05, 0.1) is 6.07 Å². The fraction of sp³-hybridized carbons (Fsp3) is 0.438. The highest BCUT2D eigenvalue weighted by molar-refractivity contribution is 9.10. The van der Waals surface area contributed by atoms with Crippen LogP contribution in [0.1, 0.15) is 44.0 Å². The van der Waals surface area contributed by atoms with Crippen LogP contribution in [0, 0.1) is 16.7 Å². The molecule has 0 spiro atoms.